The highest BCUT2D eigenvalue weighted by Crippen LogP contribution is 2.23. The van der Waals surface area contributed by atoms with Crippen LogP contribution in [0.5, 0.6) is 0 Å². The maximum atomic E-state index is 11.6. The van der Waals surface area contributed by atoms with Gasteiger partial charge in [0.05, 0.1) is 5.69 Å². The summed E-state index contributed by atoms with van der Waals surface area (Å²) in [6.45, 7) is 6.57. The summed E-state index contributed by atoms with van der Waals surface area (Å²) < 4.78 is 0. The summed E-state index contributed by atoms with van der Waals surface area (Å²) in [5.41, 5.74) is 6.05. The van der Waals surface area contributed by atoms with Crippen molar-refractivity contribution in [1.29, 1.82) is 0 Å². The molecule has 1 fully saturated rings. The van der Waals surface area contributed by atoms with E-state index in [4.69, 9.17) is 0 Å². The molecule has 1 N–H and O–H groups in total. The van der Waals surface area contributed by atoms with Crippen LogP contribution in [0.4, 0.5) is 5.69 Å². The molecular weight excluding hydrogens is 236 g/mol. The fourth-order valence-electron chi connectivity index (χ4n) is 2.16. The molecule has 0 aliphatic heterocycles. The number of nitrogens with one attached hydrogen (secondary N) is 1. The van der Waals surface area contributed by atoms with E-state index >= 15 is 0 Å². The third-order valence-corrected chi connectivity index (χ3v) is 3.46. The lowest BCUT2D eigenvalue weighted by molar-refractivity contribution is -0.113. The Hall–Kier alpha value is -1.64. The average molecular weight is 258 g/mol. The fraction of sp³-hybridized carbons (Fsp3) is 0.500. The van der Waals surface area contributed by atoms with Gasteiger partial charge in [-0.25, -0.2) is 0 Å². The van der Waals surface area contributed by atoms with E-state index in [1.165, 1.54) is 5.56 Å². The van der Waals surface area contributed by atoms with E-state index in [1.54, 1.807) is 0 Å². The first-order valence-electron chi connectivity index (χ1n) is 6.93. The van der Waals surface area contributed by atoms with Gasteiger partial charge >= 0.3 is 0 Å². The van der Waals surface area contributed by atoms with Crippen LogP contribution in [-0.2, 0) is 10.2 Å². The van der Waals surface area contributed by atoms with Crippen molar-refractivity contribution in [2.75, 3.05) is 5.43 Å². The van der Waals surface area contributed by atoms with Crippen molar-refractivity contribution >= 4 is 17.2 Å². The summed E-state index contributed by atoms with van der Waals surface area (Å²) in [6, 6.07) is 8.23. The van der Waals surface area contributed by atoms with Crippen LogP contribution in [0.15, 0.2) is 29.4 Å². The third kappa shape index (κ3) is 3.66. The molecule has 1 saturated carbocycles. The summed E-state index contributed by atoms with van der Waals surface area (Å²) in [7, 11) is 0. The molecule has 0 atom stereocenters. The maximum Gasteiger partial charge on any atom is 0.178 e. The van der Waals surface area contributed by atoms with Gasteiger partial charge in [0.15, 0.2) is 5.78 Å². The molecule has 0 aromatic heterocycles. The molecule has 0 radical (unpaired) electrons. The fourth-order valence-corrected chi connectivity index (χ4v) is 2.16. The van der Waals surface area contributed by atoms with Crippen LogP contribution in [0.1, 0.15) is 52.0 Å². The standard InChI is InChI=1S/C16H22N2O/c1-16(2,3)12-8-10-13(11-9-12)17-18-14-6-4-5-7-15(14)19/h8-11,17H,4-7H2,1-3H3/b18-14-. The van der Waals surface area contributed by atoms with Crippen molar-refractivity contribution in [3.63, 3.8) is 0 Å². The van der Waals surface area contributed by atoms with Crippen molar-refractivity contribution in [2.45, 2.75) is 51.9 Å². The third-order valence-electron chi connectivity index (χ3n) is 3.46. The molecule has 0 unspecified atom stereocenters. The first-order chi connectivity index (χ1) is 8.97. The zero-order chi connectivity index (χ0) is 13.9. The minimum absolute atomic E-state index is 0.157. The summed E-state index contributed by atoms with van der Waals surface area (Å²) in [4.78, 5) is 11.6. The van der Waals surface area contributed by atoms with E-state index < -0.39 is 0 Å². The van der Waals surface area contributed by atoms with Crippen LogP contribution in [0.25, 0.3) is 0 Å². The van der Waals surface area contributed by atoms with Gasteiger partial charge in [0.2, 0.25) is 0 Å². The Morgan fingerprint density at radius 1 is 1.05 bits per heavy atom. The first-order valence-corrected chi connectivity index (χ1v) is 6.93. The Morgan fingerprint density at radius 2 is 1.68 bits per heavy atom. The van der Waals surface area contributed by atoms with Crippen molar-refractivity contribution in [1.82, 2.24) is 0 Å². The topological polar surface area (TPSA) is 41.5 Å². The molecule has 1 aromatic carbocycles. The van der Waals surface area contributed by atoms with Gasteiger partial charge in [-0.15, -0.1) is 0 Å². The van der Waals surface area contributed by atoms with E-state index in [0.717, 1.165) is 24.9 Å². The number of hydrogen-bond acceptors (Lipinski definition) is 3. The maximum absolute atomic E-state index is 11.6. The zero-order valence-electron chi connectivity index (χ0n) is 12.0. The van der Waals surface area contributed by atoms with E-state index in [1.807, 2.05) is 12.1 Å². The molecule has 0 spiro atoms. The second-order valence-corrected chi connectivity index (χ2v) is 6.13. The molecule has 3 heteroatoms. The van der Waals surface area contributed by atoms with Gasteiger partial charge in [0.25, 0.3) is 0 Å². The van der Waals surface area contributed by atoms with Crippen molar-refractivity contribution < 1.29 is 4.79 Å². The smallest absolute Gasteiger partial charge is 0.178 e. The number of rotatable bonds is 2. The number of benzene rings is 1. The molecule has 102 valence electrons. The molecule has 0 saturated heterocycles. The molecule has 3 nitrogen and oxygen atoms in total. The highest BCUT2D eigenvalue weighted by molar-refractivity contribution is 6.40. The molecule has 19 heavy (non-hydrogen) atoms. The summed E-state index contributed by atoms with van der Waals surface area (Å²) in [6.07, 6.45) is 3.50. The summed E-state index contributed by atoms with van der Waals surface area (Å²) in [5, 5.41) is 4.24. The molecule has 0 bridgehead atoms. The van der Waals surface area contributed by atoms with E-state index in [0.29, 0.717) is 12.1 Å². The lowest BCUT2D eigenvalue weighted by Gasteiger charge is -2.19. The molecule has 0 heterocycles. The van der Waals surface area contributed by atoms with E-state index in [2.05, 4.69) is 43.4 Å². The van der Waals surface area contributed by atoms with Gasteiger partial charge in [-0.1, -0.05) is 32.9 Å². The van der Waals surface area contributed by atoms with Crippen molar-refractivity contribution in [2.24, 2.45) is 5.10 Å². The van der Waals surface area contributed by atoms with Crippen LogP contribution < -0.4 is 5.43 Å². The van der Waals surface area contributed by atoms with Crippen molar-refractivity contribution in [3.05, 3.63) is 29.8 Å². The monoisotopic (exact) mass is 258 g/mol. The molecule has 1 aliphatic rings. The first kappa shape index (κ1) is 13.8. The van der Waals surface area contributed by atoms with Gasteiger partial charge in [0, 0.05) is 6.42 Å². The van der Waals surface area contributed by atoms with Gasteiger partial charge in [-0.2, -0.15) is 5.10 Å². The minimum Gasteiger partial charge on any atom is -0.293 e. The minimum atomic E-state index is 0.157. The zero-order valence-corrected chi connectivity index (χ0v) is 12.0. The van der Waals surface area contributed by atoms with E-state index in [-0.39, 0.29) is 11.2 Å². The number of hydrogen-bond donors (Lipinski definition) is 1. The number of Topliss-reactive ketones (excluding diaryl/α,β-unsaturated/α-hetero) is 1. The van der Waals surface area contributed by atoms with Gasteiger partial charge < -0.3 is 0 Å². The Morgan fingerprint density at radius 3 is 2.26 bits per heavy atom. The Bertz CT molecular complexity index is 480. The number of hydrazone groups is 1. The largest absolute Gasteiger partial charge is 0.293 e. The predicted molar refractivity (Wildman–Crippen MR) is 79.7 cm³/mol. The normalized spacial score (nSPS) is 18.7. The second-order valence-electron chi connectivity index (χ2n) is 6.13. The predicted octanol–water partition coefficient (Wildman–Crippen LogP) is 3.90. The number of carbonyl (C=O) groups is 1. The van der Waals surface area contributed by atoms with Gasteiger partial charge in [-0.05, 0) is 42.4 Å². The SMILES string of the molecule is CC(C)(C)c1ccc(N/N=C2/CCCCC2=O)cc1. The Balaban J connectivity index is 2.04. The molecule has 0 amide bonds. The number of anilines is 1. The van der Waals surface area contributed by atoms with Crippen LogP contribution >= 0.6 is 0 Å². The number of ketones is 1. The summed E-state index contributed by atoms with van der Waals surface area (Å²) >= 11 is 0. The molecular formula is C16H22N2O. The lowest BCUT2D eigenvalue weighted by atomic mass is 9.87. The quantitative estimate of drug-likeness (QED) is 0.817. The molecule has 1 aliphatic carbocycles. The Labute approximate surface area is 115 Å². The van der Waals surface area contributed by atoms with Crippen LogP contribution in [-0.4, -0.2) is 11.5 Å². The lowest BCUT2D eigenvalue weighted by Crippen LogP contribution is -2.19. The van der Waals surface area contributed by atoms with Crippen molar-refractivity contribution in [3.8, 4) is 0 Å². The number of carbonyl (C=O) groups excluding carboxylic acids is 1. The summed E-state index contributed by atoms with van der Waals surface area (Å²) in [5.74, 6) is 0.185. The molecule has 2 rings (SSSR count). The highest BCUT2D eigenvalue weighted by atomic mass is 16.1. The van der Waals surface area contributed by atoms with Gasteiger partial charge in [0.1, 0.15) is 5.71 Å². The highest BCUT2D eigenvalue weighted by Gasteiger charge is 2.16. The van der Waals surface area contributed by atoms with E-state index in [9.17, 15) is 4.79 Å². The van der Waals surface area contributed by atoms with Crippen LogP contribution in [0.2, 0.25) is 0 Å². The van der Waals surface area contributed by atoms with Crippen LogP contribution in [0.3, 0.4) is 0 Å². The van der Waals surface area contributed by atoms with Crippen LogP contribution in [0, 0.1) is 0 Å². The average Bonchev–Trinajstić information content (AvgIpc) is 2.37. The second kappa shape index (κ2) is 5.55. The Kier molecular flexibility index (Phi) is 4.03. The molecule has 1 aromatic rings. The van der Waals surface area contributed by atoms with Gasteiger partial charge in [-0.3, -0.25) is 10.2 Å². The number of nitrogens with zero attached hydrogens (tertiary/aromatic N) is 1.